The van der Waals surface area contributed by atoms with E-state index in [0.717, 1.165) is 30.1 Å². The third kappa shape index (κ3) is 6.13. The first-order chi connectivity index (χ1) is 13.7. The minimum atomic E-state index is 0.127. The van der Waals surface area contributed by atoms with Gasteiger partial charge in [-0.3, -0.25) is 9.98 Å². The number of nitrogens with one attached hydrogen (secondary N) is 2. The van der Waals surface area contributed by atoms with E-state index in [0.29, 0.717) is 32.3 Å². The van der Waals surface area contributed by atoms with E-state index < -0.39 is 0 Å². The molecule has 2 N–H and O–H groups in total. The van der Waals surface area contributed by atoms with Crippen LogP contribution in [0.1, 0.15) is 17.5 Å². The van der Waals surface area contributed by atoms with Gasteiger partial charge < -0.3 is 24.8 Å². The maximum absolute atomic E-state index is 6.15. The first-order valence-corrected chi connectivity index (χ1v) is 9.56. The molecule has 1 aromatic carbocycles. The van der Waals surface area contributed by atoms with Crippen molar-refractivity contribution in [3.8, 4) is 11.5 Å². The SMILES string of the molecule is CN=C(NCCOc1cccnc1)NCc1ccc(C)cc1OC1CCOC1. The molecule has 1 unspecified atom stereocenters. The van der Waals surface area contributed by atoms with Crippen LogP contribution in [0.25, 0.3) is 0 Å². The van der Waals surface area contributed by atoms with E-state index in [1.807, 2.05) is 12.1 Å². The van der Waals surface area contributed by atoms with Crippen molar-refractivity contribution in [1.82, 2.24) is 15.6 Å². The summed E-state index contributed by atoms with van der Waals surface area (Å²) in [6.07, 6.45) is 4.48. The number of aromatic nitrogens is 1. The number of benzene rings is 1. The molecule has 1 aromatic heterocycles. The zero-order valence-corrected chi connectivity index (χ0v) is 16.5. The lowest BCUT2D eigenvalue weighted by molar-refractivity contribution is 0.140. The minimum Gasteiger partial charge on any atom is -0.490 e. The zero-order valence-electron chi connectivity index (χ0n) is 16.5. The first-order valence-electron chi connectivity index (χ1n) is 9.56. The van der Waals surface area contributed by atoms with Gasteiger partial charge in [0.15, 0.2) is 5.96 Å². The van der Waals surface area contributed by atoms with Crippen molar-refractivity contribution in [2.45, 2.75) is 26.0 Å². The monoisotopic (exact) mass is 384 g/mol. The van der Waals surface area contributed by atoms with Crippen LogP contribution in [0.5, 0.6) is 11.5 Å². The highest BCUT2D eigenvalue weighted by Gasteiger charge is 2.18. The number of guanidine groups is 1. The van der Waals surface area contributed by atoms with Crippen LogP contribution < -0.4 is 20.1 Å². The normalized spacial score (nSPS) is 16.6. The highest BCUT2D eigenvalue weighted by atomic mass is 16.5. The smallest absolute Gasteiger partial charge is 0.191 e. The van der Waals surface area contributed by atoms with Crippen molar-refractivity contribution in [3.63, 3.8) is 0 Å². The Labute approximate surface area is 166 Å². The average Bonchev–Trinajstić information content (AvgIpc) is 3.22. The standard InChI is InChI=1S/C21H28N4O3/c1-16-5-6-17(20(12-16)28-19-7-10-26-15-19)13-25-21(22-2)24-9-11-27-18-4-3-8-23-14-18/h3-6,8,12,14,19H,7,9-11,13,15H2,1-2H3,(H2,22,24,25). The summed E-state index contributed by atoms with van der Waals surface area (Å²) < 4.78 is 17.2. The van der Waals surface area contributed by atoms with Gasteiger partial charge in [-0.1, -0.05) is 12.1 Å². The second kappa shape index (κ2) is 10.5. The Balaban J connectivity index is 1.47. The van der Waals surface area contributed by atoms with Gasteiger partial charge in [-0.05, 0) is 30.7 Å². The maximum atomic E-state index is 6.15. The topological polar surface area (TPSA) is 77.0 Å². The van der Waals surface area contributed by atoms with Crippen LogP contribution in [0.2, 0.25) is 0 Å². The van der Waals surface area contributed by atoms with Gasteiger partial charge in [-0.25, -0.2) is 0 Å². The molecule has 7 nitrogen and oxygen atoms in total. The third-order valence-corrected chi connectivity index (χ3v) is 4.37. The number of aliphatic imine (C=N–C) groups is 1. The van der Waals surface area contributed by atoms with Crippen LogP contribution >= 0.6 is 0 Å². The van der Waals surface area contributed by atoms with Crippen molar-refractivity contribution < 1.29 is 14.2 Å². The van der Waals surface area contributed by atoms with Gasteiger partial charge in [0.05, 0.1) is 26.0 Å². The van der Waals surface area contributed by atoms with Gasteiger partial charge in [-0.15, -0.1) is 0 Å². The van der Waals surface area contributed by atoms with E-state index in [1.165, 1.54) is 5.56 Å². The molecule has 0 radical (unpaired) electrons. The fourth-order valence-corrected chi connectivity index (χ4v) is 2.87. The van der Waals surface area contributed by atoms with E-state index >= 15 is 0 Å². The Morgan fingerprint density at radius 1 is 1.32 bits per heavy atom. The van der Waals surface area contributed by atoms with E-state index in [-0.39, 0.29) is 6.10 Å². The second-order valence-electron chi connectivity index (χ2n) is 6.60. The zero-order chi connectivity index (χ0) is 19.6. The van der Waals surface area contributed by atoms with Crippen LogP contribution in [-0.4, -0.2) is 50.5 Å². The van der Waals surface area contributed by atoms with Gasteiger partial charge in [0.25, 0.3) is 0 Å². The summed E-state index contributed by atoms with van der Waals surface area (Å²) >= 11 is 0. The Morgan fingerprint density at radius 2 is 2.25 bits per heavy atom. The van der Waals surface area contributed by atoms with Gasteiger partial charge in [-0.2, -0.15) is 0 Å². The number of aryl methyl sites for hydroxylation is 1. The van der Waals surface area contributed by atoms with Crippen molar-refractivity contribution in [2.24, 2.45) is 4.99 Å². The first kappa shape index (κ1) is 19.9. The Bertz CT molecular complexity index is 762. The third-order valence-electron chi connectivity index (χ3n) is 4.37. The lowest BCUT2D eigenvalue weighted by Gasteiger charge is -2.18. The molecule has 28 heavy (non-hydrogen) atoms. The van der Waals surface area contributed by atoms with Gasteiger partial charge in [0, 0.05) is 31.8 Å². The minimum absolute atomic E-state index is 0.127. The largest absolute Gasteiger partial charge is 0.490 e. The lowest BCUT2D eigenvalue weighted by atomic mass is 10.1. The highest BCUT2D eigenvalue weighted by Crippen LogP contribution is 2.23. The van der Waals surface area contributed by atoms with Crippen LogP contribution in [0.4, 0.5) is 0 Å². The molecule has 0 saturated carbocycles. The maximum Gasteiger partial charge on any atom is 0.191 e. The molecule has 0 aliphatic carbocycles. The number of rotatable bonds is 8. The van der Waals surface area contributed by atoms with E-state index in [1.54, 1.807) is 19.4 Å². The molecule has 1 atom stereocenters. The molecular weight excluding hydrogens is 356 g/mol. The molecule has 0 bridgehead atoms. The lowest BCUT2D eigenvalue weighted by Crippen LogP contribution is -2.39. The Hall–Kier alpha value is -2.80. The molecule has 0 amide bonds. The summed E-state index contributed by atoms with van der Waals surface area (Å²) in [5.41, 5.74) is 2.26. The molecule has 1 saturated heterocycles. The van der Waals surface area contributed by atoms with Gasteiger partial charge >= 0.3 is 0 Å². The summed E-state index contributed by atoms with van der Waals surface area (Å²) in [5.74, 6) is 2.37. The van der Waals surface area contributed by atoms with Crippen LogP contribution in [0.15, 0.2) is 47.7 Å². The van der Waals surface area contributed by atoms with E-state index in [9.17, 15) is 0 Å². The summed E-state index contributed by atoms with van der Waals surface area (Å²) in [5, 5.41) is 6.58. The average molecular weight is 384 g/mol. The van der Waals surface area contributed by atoms with Crippen molar-refractivity contribution in [3.05, 3.63) is 53.9 Å². The van der Waals surface area contributed by atoms with Crippen LogP contribution in [0.3, 0.4) is 0 Å². The number of ether oxygens (including phenoxy) is 3. The van der Waals surface area contributed by atoms with Crippen LogP contribution in [0, 0.1) is 6.92 Å². The molecule has 1 fully saturated rings. The number of hydrogen-bond acceptors (Lipinski definition) is 5. The summed E-state index contributed by atoms with van der Waals surface area (Å²) in [7, 11) is 1.75. The molecule has 7 heteroatoms. The molecule has 2 aromatic rings. The quantitative estimate of drug-likeness (QED) is 0.413. The van der Waals surface area contributed by atoms with E-state index in [4.69, 9.17) is 14.2 Å². The van der Waals surface area contributed by atoms with Crippen LogP contribution in [-0.2, 0) is 11.3 Å². The summed E-state index contributed by atoms with van der Waals surface area (Å²) in [6.45, 7) is 5.26. The fourth-order valence-electron chi connectivity index (χ4n) is 2.87. The summed E-state index contributed by atoms with van der Waals surface area (Å²) in [4.78, 5) is 8.29. The molecule has 3 rings (SSSR count). The van der Waals surface area contributed by atoms with Crippen molar-refractivity contribution in [2.75, 3.05) is 33.4 Å². The molecule has 0 spiro atoms. The second-order valence-corrected chi connectivity index (χ2v) is 6.60. The molecule has 1 aliphatic rings. The number of nitrogens with zero attached hydrogens (tertiary/aromatic N) is 2. The van der Waals surface area contributed by atoms with Gasteiger partial charge in [0.1, 0.15) is 24.2 Å². The predicted molar refractivity (Wildman–Crippen MR) is 109 cm³/mol. The van der Waals surface area contributed by atoms with Crippen molar-refractivity contribution in [1.29, 1.82) is 0 Å². The van der Waals surface area contributed by atoms with Crippen molar-refractivity contribution >= 4 is 5.96 Å². The fraction of sp³-hybridized carbons (Fsp3) is 0.429. The highest BCUT2D eigenvalue weighted by molar-refractivity contribution is 5.79. The number of pyridine rings is 1. The Kier molecular flexibility index (Phi) is 7.49. The van der Waals surface area contributed by atoms with Gasteiger partial charge in [0.2, 0.25) is 0 Å². The van der Waals surface area contributed by atoms with E-state index in [2.05, 4.69) is 45.7 Å². The molecule has 150 valence electrons. The number of hydrogen-bond donors (Lipinski definition) is 2. The molecule has 1 aliphatic heterocycles. The molecular formula is C21H28N4O3. The summed E-state index contributed by atoms with van der Waals surface area (Å²) in [6, 6.07) is 9.99. The predicted octanol–water partition coefficient (Wildman–Crippen LogP) is 2.30. The molecule has 2 heterocycles. The Morgan fingerprint density at radius 3 is 3.00 bits per heavy atom.